The summed E-state index contributed by atoms with van der Waals surface area (Å²) in [5.41, 5.74) is 1.21. The van der Waals surface area contributed by atoms with E-state index >= 15 is 0 Å². The van der Waals surface area contributed by atoms with Crippen LogP contribution in [0, 0.1) is 22.0 Å². The van der Waals surface area contributed by atoms with Gasteiger partial charge in [-0.25, -0.2) is 0 Å². The van der Waals surface area contributed by atoms with Crippen molar-refractivity contribution in [2.24, 2.45) is 0 Å². The molecule has 0 saturated heterocycles. The molecule has 1 aromatic carbocycles. The first kappa shape index (κ1) is 10.5. The number of rotatable bonds is 1. The molecule has 0 spiro atoms. The second-order valence-corrected chi connectivity index (χ2v) is 3.33. The van der Waals surface area contributed by atoms with Gasteiger partial charge < -0.3 is 0 Å². The van der Waals surface area contributed by atoms with E-state index in [0.29, 0.717) is 17.0 Å². The lowest BCUT2D eigenvalue weighted by Crippen LogP contribution is -1.86. The largest absolute Gasteiger partial charge is 0.271 e. The summed E-state index contributed by atoms with van der Waals surface area (Å²) in [4.78, 5) is 10.1. The molecule has 1 aromatic heterocycles. The summed E-state index contributed by atoms with van der Waals surface area (Å²) in [7, 11) is 0. The maximum absolute atomic E-state index is 10.6. The van der Waals surface area contributed by atoms with Crippen LogP contribution in [0.15, 0.2) is 18.2 Å². The molecule has 1 N–H and O–H groups in total. The number of nitro groups is 1. The van der Waals surface area contributed by atoms with Crippen molar-refractivity contribution in [2.75, 3.05) is 5.75 Å². The second-order valence-electron chi connectivity index (χ2n) is 3.02. The number of hydrogen-bond acceptors (Lipinski definition) is 4. The maximum atomic E-state index is 10.6. The van der Waals surface area contributed by atoms with Gasteiger partial charge in [0.1, 0.15) is 11.2 Å². The van der Waals surface area contributed by atoms with Crippen molar-refractivity contribution in [3.63, 3.8) is 0 Å². The second kappa shape index (κ2) is 4.24. The summed E-state index contributed by atoms with van der Waals surface area (Å²) in [5, 5.41) is 18.0. The first-order chi connectivity index (χ1) is 7.72. The minimum atomic E-state index is -0.451. The van der Waals surface area contributed by atoms with Gasteiger partial charge in [0.15, 0.2) is 0 Å². The number of benzene rings is 1. The van der Waals surface area contributed by atoms with Gasteiger partial charge >= 0.3 is 0 Å². The summed E-state index contributed by atoms with van der Waals surface area (Å²) in [6, 6.07) is 4.49. The normalized spacial score (nSPS) is 9.81. The Kier molecular flexibility index (Phi) is 2.79. The highest BCUT2D eigenvalue weighted by Crippen LogP contribution is 2.20. The number of thiol groups is 1. The van der Waals surface area contributed by atoms with Crippen LogP contribution >= 0.6 is 12.6 Å². The van der Waals surface area contributed by atoms with Gasteiger partial charge in [0.05, 0.1) is 10.7 Å². The molecule has 2 rings (SSSR count). The quantitative estimate of drug-likeness (QED) is 0.341. The van der Waals surface area contributed by atoms with Gasteiger partial charge in [0.2, 0.25) is 0 Å². The van der Waals surface area contributed by atoms with Gasteiger partial charge in [0.25, 0.3) is 5.69 Å². The molecule has 0 bridgehead atoms. The molecule has 0 unspecified atom stereocenters. The van der Waals surface area contributed by atoms with Crippen molar-refractivity contribution >= 4 is 29.2 Å². The van der Waals surface area contributed by atoms with Crippen LogP contribution in [0.5, 0.6) is 0 Å². The zero-order valence-corrected chi connectivity index (χ0v) is 8.99. The molecule has 0 aliphatic carbocycles. The number of nitrogens with zero attached hydrogens (tertiary/aromatic N) is 2. The zero-order chi connectivity index (χ0) is 11.5. The first-order valence-corrected chi connectivity index (χ1v) is 5.08. The molecule has 2 aromatic rings. The predicted octanol–water partition coefficient (Wildman–Crippen LogP) is 1.75. The lowest BCUT2D eigenvalue weighted by atomic mass is 10.2. The Morgan fingerprint density at radius 2 is 2.38 bits per heavy atom. The van der Waals surface area contributed by atoms with Crippen molar-refractivity contribution in [3.05, 3.63) is 34.0 Å². The molecule has 0 aliphatic heterocycles. The molecule has 1 heterocycles. The Bertz CT molecular complexity index is 609. The van der Waals surface area contributed by atoms with Crippen LogP contribution in [-0.2, 0) is 0 Å². The minimum absolute atomic E-state index is 0.0210. The Labute approximate surface area is 96.4 Å². The molecule has 0 radical (unpaired) electrons. The van der Waals surface area contributed by atoms with Crippen LogP contribution in [0.4, 0.5) is 5.69 Å². The molecular formula is C10H7N3O2S. The van der Waals surface area contributed by atoms with Gasteiger partial charge in [-0.3, -0.25) is 15.2 Å². The van der Waals surface area contributed by atoms with E-state index in [1.165, 1.54) is 12.1 Å². The topological polar surface area (TPSA) is 71.8 Å². The van der Waals surface area contributed by atoms with Gasteiger partial charge in [-0.1, -0.05) is 5.92 Å². The van der Waals surface area contributed by atoms with E-state index in [1.54, 1.807) is 6.07 Å². The van der Waals surface area contributed by atoms with Gasteiger partial charge in [-0.15, -0.1) is 0 Å². The van der Waals surface area contributed by atoms with Crippen LogP contribution in [0.2, 0.25) is 0 Å². The van der Waals surface area contributed by atoms with Crippen molar-refractivity contribution in [1.82, 2.24) is 10.2 Å². The molecule has 0 atom stereocenters. The van der Waals surface area contributed by atoms with E-state index < -0.39 is 4.92 Å². The molecule has 0 saturated carbocycles. The summed E-state index contributed by atoms with van der Waals surface area (Å²) >= 11 is 3.97. The lowest BCUT2D eigenvalue weighted by Gasteiger charge is -1.90. The number of fused-ring (bicyclic) bond motifs is 1. The summed E-state index contributed by atoms with van der Waals surface area (Å²) in [5.74, 6) is 6.09. The maximum Gasteiger partial charge on any atom is 0.271 e. The Balaban J connectivity index is 2.54. The van der Waals surface area contributed by atoms with Crippen LogP contribution in [-0.4, -0.2) is 20.9 Å². The van der Waals surface area contributed by atoms with E-state index in [9.17, 15) is 10.1 Å². The van der Waals surface area contributed by atoms with Gasteiger partial charge in [-0.2, -0.15) is 17.7 Å². The molecule has 16 heavy (non-hydrogen) atoms. The monoisotopic (exact) mass is 233 g/mol. The molecule has 80 valence electrons. The molecule has 6 heteroatoms. The Morgan fingerprint density at radius 3 is 3.06 bits per heavy atom. The van der Waals surface area contributed by atoms with E-state index in [2.05, 4.69) is 34.7 Å². The van der Waals surface area contributed by atoms with Gasteiger partial charge in [0, 0.05) is 17.5 Å². The number of nitrogens with one attached hydrogen (secondary N) is 1. The van der Waals surface area contributed by atoms with Crippen molar-refractivity contribution < 1.29 is 4.92 Å². The van der Waals surface area contributed by atoms with Crippen LogP contribution in [0.3, 0.4) is 0 Å². The third kappa shape index (κ3) is 1.85. The molecule has 0 fully saturated rings. The third-order valence-corrected chi connectivity index (χ3v) is 2.20. The fraction of sp³-hybridized carbons (Fsp3) is 0.100. The van der Waals surface area contributed by atoms with Crippen molar-refractivity contribution in [1.29, 1.82) is 0 Å². The number of aromatic nitrogens is 2. The fourth-order valence-electron chi connectivity index (χ4n) is 1.34. The van der Waals surface area contributed by atoms with E-state index in [0.717, 1.165) is 5.39 Å². The van der Waals surface area contributed by atoms with E-state index in [-0.39, 0.29) is 5.69 Å². The third-order valence-electron chi connectivity index (χ3n) is 2.04. The van der Waals surface area contributed by atoms with E-state index in [1.807, 2.05) is 0 Å². The number of H-pyrrole nitrogens is 1. The number of non-ortho nitro benzene ring substituents is 1. The van der Waals surface area contributed by atoms with E-state index in [4.69, 9.17) is 0 Å². The van der Waals surface area contributed by atoms with Gasteiger partial charge in [-0.05, 0) is 12.0 Å². The highest BCUT2D eigenvalue weighted by molar-refractivity contribution is 7.80. The standard InChI is InChI=1S/C10H7N3O2S/c14-13(15)7-3-4-8-9(2-1-5-16)11-12-10(8)6-7/h3-4,6,16H,5H2,(H,11,12). The Morgan fingerprint density at radius 1 is 1.56 bits per heavy atom. The fourth-order valence-corrected chi connectivity index (χ4v) is 1.42. The van der Waals surface area contributed by atoms with Crippen molar-refractivity contribution in [3.8, 4) is 11.8 Å². The number of aromatic amines is 1. The van der Waals surface area contributed by atoms with Crippen LogP contribution < -0.4 is 0 Å². The van der Waals surface area contributed by atoms with Crippen LogP contribution in [0.1, 0.15) is 5.69 Å². The highest BCUT2D eigenvalue weighted by atomic mass is 32.1. The molecular weight excluding hydrogens is 226 g/mol. The summed E-state index contributed by atoms with van der Waals surface area (Å²) in [6.07, 6.45) is 0. The summed E-state index contributed by atoms with van der Waals surface area (Å²) in [6.45, 7) is 0. The predicted molar refractivity (Wildman–Crippen MR) is 63.5 cm³/mol. The average molecular weight is 233 g/mol. The van der Waals surface area contributed by atoms with Crippen LogP contribution in [0.25, 0.3) is 10.9 Å². The lowest BCUT2D eigenvalue weighted by molar-refractivity contribution is -0.384. The smallest absolute Gasteiger partial charge is 0.269 e. The molecule has 0 aliphatic rings. The Hall–Kier alpha value is -2.00. The SMILES string of the molecule is O=[N+]([O-])c1ccc2c(C#CCS)[nH]nc2c1. The average Bonchev–Trinajstić information content (AvgIpc) is 2.68. The highest BCUT2D eigenvalue weighted by Gasteiger charge is 2.09. The number of hydrogen-bond donors (Lipinski definition) is 2. The molecule has 5 nitrogen and oxygen atoms in total. The number of nitro benzene ring substituents is 1. The minimum Gasteiger partial charge on any atom is -0.269 e. The first-order valence-electron chi connectivity index (χ1n) is 4.44. The zero-order valence-electron chi connectivity index (χ0n) is 8.10. The van der Waals surface area contributed by atoms with Crippen molar-refractivity contribution in [2.45, 2.75) is 0 Å². The summed E-state index contributed by atoms with van der Waals surface area (Å²) < 4.78 is 0. The molecule has 0 amide bonds.